The van der Waals surface area contributed by atoms with Crippen LogP contribution in [0.1, 0.15) is 12.5 Å². The number of hydroxylamine groups is 1. The number of anilines is 1. The van der Waals surface area contributed by atoms with Crippen molar-refractivity contribution in [2.45, 2.75) is 13.8 Å². The summed E-state index contributed by atoms with van der Waals surface area (Å²) in [5.74, 6) is 0.400. The molecular weight excluding hydrogens is 230 g/mol. The van der Waals surface area contributed by atoms with Gasteiger partial charge in [0, 0.05) is 18.2 Å². The Labute approximate surface area is 96.5 Å². The van der Waals surface area contributed by atoms with E-state index < -0.39 is 0 Å². The van der Waals surface area contributed by atoms with Crippen LogP contribution in [0.25, 0.3) is 10.3 Å². The standard InChI is InChI=1S/C10H11NO2S2/c1-3-11(12)8-4-7(14)10-9(13-8)6(2)5-15-10/h4-5,12H,3H2,1-2H3. The van der Waals surface area contributed by atoms with Gasteiger partial charge in [0.05, 0.1) is 9.21 Å². The second kappa shape index (κ2) is 3.92. The van der Waals surface area contributed by atoms with E-state index in [4.69, 9.17) is 16.6 Å². The van der Waals surface area contributed by atoms with Gasteiger partial charge < -0.3 is 4.42 Å². The molecule has 0 atom stereocenters. The van der Waals surface area contributed by atoms with E-state index in [0.29, 0.717) is 12.4 Å². The largest absolute Gasteiger partial charge is 0.437 e. The van der Waals surface area contributed by atoms with Crippen molar-refractivity contribution in [2.75, 3.05) is 11.6 Å². The molecule has 3 nitrogen and oxygen atoms in total. The number of rotatable bonds is 2. The van der Waals surface area contributed by atoms with Crippen LogP contribution < -0.4 is 5.06 Å². The summed E-state index contributed by atoms with van der Waals surface area (Å²) in [5, 5.41) is 12.6. The van der Waals surface area contributed by atoms with Gasteiger partial charge in [-0.05, 0) is 19.2 Å². The Bertz CT molecular complexity index is 544. The molecule has 2 aromatic rings. The topological polar surface area (TPSA) is 36.6 Å². The minimum atomic E-state index is 0.400. The monoisotopic (exact) mass is 241 g/mol. The predicted octanol–water partition coefficient (Wildman–Crippen LogP) is 3.75. The molecule has 0 saturated carbocycles. The van der Waals surface area contributed by atoms with Crippen molar-refractivity contribution in [3.63, 3.8) is 0 Å². The minimum absolute atomic E-state index is 0.400. The van der Waals surface area contributed by atoms with Gasteiger partial charge in [0.2, 0.25) is 5.88 Å². The lowest BCUT2D eigenvalue weighted by atomic mass is 10.3. The molecule has 15 heavy (non-hydrogen) atoms. The third-order valence-electron chi connectivity index (χ3n) is 2.16. The molecule has 1 N–H and O–H groups in total. The summed E-state index contributed by atoms with van der Waals surface area (Å²) in [6.45, 7) is 4.27. The van der Waals surface area contributed by atoms with E-state index in [9.17, 15) is 5.21 Å². The van der Waals surface area contributed by atoms with Crippen molar-refractivity contribution in [3.8, 4) is 0 Å². The first-order valence-electron chi connectivity index (χ1n) is 4.62. The second-order valence-electron chi connectivity index (χ2n) is 3.24. The third kappa shape index (κ3) is 1.78. The lowest BCUT2D eigenvalue weighted by Crippen LogP contribution is -2.16. The Hall–Kier alpha value is -0.910. The second-order valence-corrected chi connectivity index (χ2v) is 4.56. The smallest absolute Gasteiger partial charge is 0.221 e. The van der Waals surface area contributed by atoms with Crippen molar-refractivity contribution in [3.05, 3.63) is 21.5 Å². The van der Waals surface area contributed by atoms with E-state index in [1.165, 1.54) is 0 Å². The van der Waals surface area contributed by atoms with Gasteiger partial charge in [-0.3, -0.25) is 5.21 Å². The van der Waals surface area contributed by atoms with Crippen molar-refractivity contribution in [2.24, 2.45) is 0 Å². The van der Waals surface area contributed by atoms with Gasteiger partial charge in [-0.1, -0.05) is 12.2 Å². The third-order valence-corrected chi connectivity index (χ3v) is 3.72. The number of aryl methyl sites for hydroxylation is 1. The molecule has 0 aliphatic carbocycles. The van der Waals surface area contributed by atoms with Gasteiger partial charge in [0.1, 0.15) is 0 Å². The fourth-order valence-corrected chi connectivity index (χ4v) is 2.55. The van der Waals surface area contributed by atoms with Crippen molar-refractivity contribution in [1.29, 1.82) is 0 Å². The molecule has 0 saturated heterocycles. The van der Waals surface area contributed by atoms with E-state index in [0.717, 1.165) is 25.4 Å². The van der Waals surface area contributed by atoms with E-state index >= 15 is 0 Å². The lowest BCUT2D eigenvalue weighted by molar-refractivity contribution is 0.239. The van der Waals surface area contributed by atoms with Crippen LogP contribution in [0.5, 0.6) is 0 Å². The Balaban J connectivity index is 2.70. The summed E-state index contributed by atoms with van der Waals surface area (Å²) in [6.07, 6.45) is 0. The van der Waals surface area contributed by atoms with Crippen molar-refractivity contribution >= 4 is 39.7 Å². The highest BCUT2D eigenvalue weighted by molar-refractivity contribution is 7.72. The Morgan fingerprint density at radius 2 is 2.33 bits per heavy atom. The first-order chi connectivity index (χ1) is 7.13. The molecule has 0 radical (unpaired) electrons. The normalized spacial score (nSPS) is 10.9. The van der Waals surface area contributed by atoms with E-state index in [1.807, 2.05) is 19.2 Å². The first-order valence-corrected chi connectivity index (χ1v) is 5.90. The lowest BCUT2D eigenvalue weighted by Gasteiger charge is -2.12. The number of hydrogen-bond donors (Lipinski definition) is 1. The minimum Gasteiger partial charge on any atom is -0.437 e. The van der Waals surface area contributed by atoms with E-state index in [1.54, 1.807) is 17.4 Å². The van der Waals surface area contributed by atoms with E-state index in [2.05, 4.69) is 0 Å². The molecule has 2 rings (SSSR count). The Kier molecular flexibility index (Phi) is 2.77. The van der Waals surface area contributed by atoms with Gasteiger partial charge in [0.15, 0.2) is 5.58 Å². The highest BCUT2D eigenvalue weighted by Crippen LogP contribution is 2.30. The molecule has 0 bridgehead atoms. The maximum atomic E-state index is 9.54. The van der Waals surface area contributed by atoms with Gasteiger partial charge in [0.25, 0.3) is 0 Å². The molecular formula is C10H11NO2S2. The summed E-state index contributed by atoms with van der Waals surface area (Å²) in [4.78, 5) is 0. The number of thiophene rings is 1. The zero-order valence-corrected chi connectivity index (χ0v) is 10.1. The van der Waals surface area contributed by atoms with Crippen LogP contribution in [0.2, 0.25) is 0 Å². The zero-order chi connectivity index (χ0) is 11.0. The summed E-state index contributed by atoms with van der Waals surface area (Å²) >= 11 is 6.80. The first kappa shape index (κ1) is 10.6. The summed E-state index contributed by atoms with van der Waals surface area (Å²) in [7, 11) is 0. The molecule has 0 spiro atoms. The highest BCUT2D eigenvalue weighted by atomic mass is 32.1. The molecule has 0 unspecified atom stereocenters. The quantitative estimate of drug-likeness (QED) is 0.641. The Morgan fingerprint density at radius 1 is 1.60 bits per heavy atom. The van der Waals surface area contributed by atoms with Crippen LogP contribution in [-0.2, 0) is 0 Å². The zero-order valence-electron chi connectivity index (χ0n) is 8.48. The average Bonchev–Trinajstić information content (AvgIpc) is 2.60. The van der Waals surface area contributed by atoms with Crippen LogP contribution in [0.3, 0.4) is 0 Å². The maximum absolute atomic E-state index is 9.54. The number of hydrogen-bond acceptors (Lipinski definition) is 5. The fraction of sp³-hybridized carbons (Fsp3) is 0.300. The molecule has 0 aromatic carbocycles. The molecule has 2 aromatic heterocycles. The molecule has 2 heterocycles. The van der Waals surface area contributed by atoms with Gasteiger partial charge in [-0.25, -0.2) is 5.06 Å². The molecule has 0 aliphatic rings. The van der Waals surface area contributed by atoms with Gasteiger partial charge in [-0.15, -0.1) is 11.3 Å². The Morgan fingerprint density at radius 3 is 3.00 bits per heavy atom. The van der Waals surface area contributed by atoms with Gasteiger partial charge in [-0.2, -0.15) is 0 Å². The molecule has 0 fully saturated rings. The summed E-state index contributed by atoms with van der Waals surface area (Å²) < 4.78 is 7.27. The fourth-order valence-electron chi connectivity index (χ4n) is 1.33. The highest BCUT2D eigenvalue weighted by Gasteiger charge is 2.09. The SMILES string of the molecule is CCN(O)c1cc(=S)c2scc(C)c2o1. The van der Waals surface area contributed by atoms with Crippen molar-refractivity contribution in [1.82, 2.24) is 0 Å². The predicted molar refractivity (Wildman–Crippen MR) is 64.5 cm³/mol. The van der Waals surface area contributed by atoms with Gasteiger partial charge >= 0.3 is 0 Å². The number of nitrogens with zero attached hydrogens (tertiary/aromatic N) is 1. The maximum Gasteiger partial charge on any atom is 0.221 e. The number of fused-ring (bicyclic) bond motifs is 1. The molecule has 80 valence electrons. The molecule has 5 heteroatoms. The summed E-state index contributed by atoms with van der Waals surface area (Å²) in [5.41, 5.74) is 1.82. The van der Waals surface area contributed by atoms with Crippen LogP contribution in [-0.4, -0.2) is 11.8 Å². The van der Waals surface area contributed by atoms with Crippen LogP contribution >= 0.6 is 23.6 Å². The van der Waals surface area contributed by atoms with Crippen LogP contribution in [0, 0.1) is 11.4 Å². The molecule has 0 amide bonds. The van der Waals surface area contributed by atoms with Crippen molar-refractivity contribution < 1.29 is 9.62 Å². The summed E-state index contributed by atoms with van der Waals surface area (Å²) in [6, 6.07) is 1.68. The molecule has 0 aliphatic heterocycles. The van der Waals surface area contributed by atoms with Crippen LogP contribution in [0.4, 0.5) is 5.88 Å². The average molecular weight is 241 g/mol. The van der Waals surface area contributed by atoms with Crippen LogP contribution in [0.15, 0.2) is 15.9 Å². The van der Waals surface area contributed by atoms with E-state index in [-0.39, 0.29) is 0 Å².